The molecule has 0 saturated heterocycles. The second kappa shape index (κ2) is 10.8. The SMILES string of the molecule is Fc1c2ccccc2c(-c2ccc3c(c2)[se]c2c(-c4c5ccccc5c(-c5ccccc5)c5ccccc45)cccc23)c2ccccc12. The van der Waals surface area contributed by atoms with E-state index >= 15 is 4.39 Å². The normalized spacial score (nSPS) is 11.9. The molecule has 0 aliphatic carbocycles. The first-order chi connectivity index (χ1) is 23.8. The van der Waals surface area contributed by atoms with Crippen LogP contribution in [0.4, 0.5) is 4.39 Å². The molecule has 224 valence electrons. The van der Waals surface area contributed by atoms with Gasteiger partial charge in [0.05, 0.1) is 0 Å². The van der Waals surface area contributed by atoms with E-state index in [0.29, 0.717) is 10.8 Å². The van der Waals surface area contributed by atoms with Crippen LogP contribution < -0.4 is 0 Å². The summed E-state index contributed by atoms with van der Waals surface area (Å²) in [6.07, 6.45) is 0. The van der Waals surface area contributed by atoms with Gasteiger partial charge in [0.15, 0.2) is 0 Å². The molecule has 0 bridgehead atoms. The van der Waals surface area contributed by atoms with Gasteiger partial charge >= 0.3 is 284 Å². The van der Waals surface area contributed by atoms with Crippen LogP contribution in [0.15, 0.2) is 164 Å². The Labute approximate surface area is 283 Å². The molecule has 2 heteroatoms. The summed E-state index contributed by atoms with van der Waals surface area (Å²) >= 11 is 0.0865. The number of hydrogen-bond donors (Lipinski definition) is 0. The minimum absolute atomic E-state index is 0.0865. The monoisotopic (exact) mass is 678 g/mol. The fraction of sp³-hybridized carbons (Fsp3) is 0. The summed E-state index contributed by atoms with van der Waals surface area (Å²) in [4.78, 5) is 0. The van der Waals surface area contributed by atoms with E-state index < -0.39 is 0 Å². The van der Waals surface area contributed by atoms with Crippen LogP contribution >= 0.6 is 0 Å². The Bertz CT molecular complexity index is 2780. The summed E-state index contributed by atoms with van der Waals surface area (Å²) in [6, 6.07) is 58.1. The third-order valence-electron chi connectivity index (χ3n) is 9.92. The Morgan fingerprint density at radius 2 is 0.792 bits per heavy atom. The number of benzene rings is 9. The molecular formula is C46H27FSe. The van der Waals surface area contributed by atoms with Gasteiger partial charge in [-0.15, -0.1) is 0 Å². The first-order valence-corrected chi connectivity index (χ1v) is 18.0. The summed E-state index contributed by atoms with van der Waals surface area (Å²) < 4.78 is 18.5. The summed E-state index contributed by atoms with van der Waals surface area (Å²) in [7, 11) is 0. The van der Waals surface area contributed by atoms with E-state index in [1.54, 1.807) is 0 Å². The average Bonchev–Trinajstić information content (AvgIpc) is 3.53. The van der Waals surface area contributed by atoms with E-state index in [0.717, 1.165) is 21.9 Å². The van der Waals surface area contributed by atoms with Crippen molar-refractivity contribution in [2.24, 2.45) is 0 Å². The Kier molecular flexibility index (Phi) is 6.18. The van der Waals surface area contributed by atoms with Gasteiger partial charge in [0.25, 0.3) is 0 Å². The zero-order valence-electron chi connectivity index (χ0n) is 25.9. The van der Waals surface area contributed by atoms with Crippen molar-refractivity contribution in [3.63, 3.8) is 0 Å². The molecule has 9 aromatic carbocycles. The molecular weight excluding hydrogens is 650 g/mol. The molecule has 1 aromatic heterocycles. The van der Waals surface area contributed by atoms with Crippen molar-refractivity contribution < 1.29 is 4.39 Å². The molecule has 0 spiro atoms. The van der Waals surface area contributed by atoms with Gasteiger partial charge in [-0.25, -0.2) is 0 Å². The Morgan fingerprint density at radius 3 is 1.38 bits per heavy atom. The number of halogens is 1. The molecule has 0 amide bonds. The van der Waals surface area contributed by atoms with Gasteiger partial charge in [0.1, 0.15) is 0 Å². The van der Waals surface area contributed by atoms with E-state index in [9.17, 15) is 0 Å². The summed E-state index contributed by atoms with van der Waals surface area (Å²) in [5, 5.41) is 11.0. The standard InChI is InChI=1S/C46H27FSe/c47-45-37-21-10-8-19-35(37)43(36-20-9-11-22-38(36)45)29-25-26-30-39-23-12-24-40(46(39)48-41(30)27-29)44-33-17-6-4-15-31(33)42(28-13-2-1-3-14-28)32-16-5-7-18-34(32)44/h1-27H. The van der Waals surface area contributed by atoms with Crippen molar-refractivity contribution in [1.82, 2.24) is 0 Å². The zero-order chi connectivity index (χ0) is 31.8. The van der Waals surface area contributed by atoms with Gasteiger partial charge in [0.2, 0.25) is 0 Å². The van der Waals surface area contributed by atoms with Crippen LogP contribution in [0.25, 0.3) is 95.8 Å². The molecule has 0 aliphatic heterocycles. The van der Waals surface area contributed by atoms with E-state index in [1.807, 2.05) is 36.4 Å². The topological polar surface area (TPSA) is 0 Å². The van der Waals surface area contributed by atoms with E-state index in [2.05, 4.69) is 127 Å². The molecule has 10 rings (SSSR count). The van der Waals surface area contributed by atoms with Gasteiger partial charge in [-0.1, -0.05) is 0 Å². The van der Waals surface area contributed by atoms with Crippen molar-refractivity contribution in [1.29, 1.82) is 0 Å². The molecule has 0 fully saturated rings. The van der Waals surface area contributed by atoms with E-state index in [-0.39, 0.29) is 20.3 Å². The summed E-state index contributed by atoms with van der Waals surface area (Å²) in [5.74, 6) is -0.148. The first-order valence-electron chi connectivity index (χ1n) is 16.3. The molecule has 0 nitrogen and oxygen atoms in total. The van der Waals surface area contributed by atoms with E-state index in [4.69, 9.17) is 0 Å². The predicted molar refractivity (Wildman–Crippen MR) is 205 cm³/mol. The Balaban J connectivity index is 1.26. The van der Waals surface area contributed by atoms with Crippen molar-refractivity contribution in [2.45, 2.75) is 0 Å². The fourth-order valence-electron chi connectivity index (χ4n) is 7.87. The van der Waals surface area contributed by atoms with Crippen molar-refractivity contribution in [3.8, 4) is 33.4 Å². The number of hydrogen-bond acceptors (Lipinski definition) is 0. The molecule has 0 unspecified atom stereocenters. The van der Waals surface area contributed by atoms with Crippen LogP contribution in [0, 0.1) is 5.82 Å². The predicted octanol–water partition coefficient (Wildman–Crippen LogP) is 12.8. The van der Waals surface area contributed by atoms with Gasteiger partial charge < -0.3 is 0 Å². The maximum atomic E-state index is 15.7. The molecule has 0 atom stereocenters. The van der Waals surface area contributed by atoms with Crippen LogP contribution in [0.5, 0.6) is 0 Å². The van der Waals surface area contributed by atoms with E-state index in [1.165, 1.54) is 63.1 Å². The number of fused-ring (bicyclic) bond motifs is 7. The molecule has 0 radical (unpaired) electrons. The van der Waals surface area contributed by atoms with Crippen molar-refractivity contribution in [3.05, 3.63) is 170 Å². The third-order valence-corrected chi connectivity index (χ3v) is 12.4. The fourth-order valence-corrected chi connectivity index (χ4v) is 10.5. The second-order valence-corrected chi connectivity index (χ2v) is 14.7. The second-order valence-electron chi connectivity index (χ2n) is 12.5. The molecule has 0 saturated carbocycles. The van der Waals surface area contributed by atoms with Gasteiger partial charge in [0, 0.05) is 0 Å². The maximum absolute atomic E-state index is 15.7. The Morgan fingerprint density at radius 1 is 0.333 bits per heavy atom. The minimum atomic E-state index is -0.148. The third kappa shape index (κ3) is 4.00. The Hall–Kier alpha value is -5.53. The van der Waals surface area contributed by atoms with Gasteiger partial charge in [-0.2, -0.15) is 0 Å². The first kappa shape index (κ1) is 27.6. The van der Waals surface area contributed by atoms with Gasteiger partial charge in [-0.3, -0.25) is 0 Å². The van der Waals surface area contributed by atoms with Crippen LogP contribution in [0.2, 0.25) is 0 Å². The average molecular weight is 678 g/mol. The molecule has 0 aliphatic rings. The number of rotatable bonds is 3. The van der Waals surface area contributed by atoms with Crippen molar-refractivity contribution >= 4 is 76.9 Å². The summed E-state index contributed by atoms with van der Waals surface area (Å²) in [6.45, 7) is 0. The van der Waals surface area contributed by atoms with Crippen molar-refractivity contribution in [2.75, 3.05) is 0 Å². The molecule has 1 heterocycles. The van der Waals surface area contributed by atoms with Crippen LogP contribution in [-0.4, -0.2) is 14.5 Å². The zero-order valence-corrected chi connectivity index (χ0v) is 27.6. The molecule has 48 heavy (non-hydrogen) atoms. The molecule has 0 N–H and O–H groups in total. The van der Waals surface area contributed by atoms with Crippen LogP contribution in [-0.2, 0) is 0 Å². The summed E-state index contributed by atoms with van der Waals surface area (Å²) in [5.41, 5.74) is 7.39. The van der Waals surface area contributed by atoms with Crippen LogP contribution in [0.3, 0.4) is 0 Å². The quantitative estimate of drug-likeness (QED) is 0.129. The van der Waals surface area contributed by atoms with Crippen LogP contribution in [0.1, 0.15) is 0 Å². The van der Waals surface area contributed by atoms with Gasteiger partial charge in [-0.05, 0) is 0 Å². The molecule has 10 aromatic rings.